The van der Waals surface area contributed by atoms with E-state index < -0.39 is 0 Å². The minimum atomic E-state index is -0.384. The van der Waals surface area contributed by atoms with Gasteiger partial charge in [0.1, 0.15) is 5.82 Å². The monoisotopic (exact) mass is 294 g/mol. The largest absolute Gasteiger partial charge is 0.326 e. The van der Waals surface area contributed by atoms with Gasteiger partial charge in [-0.3, -0.25) is 20.3 Å². The molecule has 0 radical (unpaired) electrons. The fraction of sp³-hybridized carbons (Fsp3) is 0.0667. The lowest BCUT2D eigenvalue weighted by Crippen LogP contribution is -2.20. The van der Waals surface area contributed by atoms with E-state index in [2.05, 4.69) is 25.7 Å². The number of nitrogens with zero attached hydrogens (tertiary/aromatic N) is 4. The van der Waals surface area contributed by atoms with E-state index in [1.807, 2.05) is 12.1 Å². The van der Waals surface area contributed by atoms with Crippen LogP contribution in [0, 0.1) is 0 Å². The molecule has 3 heterocycles. The lowest BCUT2D eigenvalue weighted by atomic mass is 10.3. The van der Waals surface area contributed by atoms with Crippen molar-refractivity contribution < 1.29 is 4.79 Å². The summed E-state index contributed by atoms with van der Waals surface area (Å²) in [5.74, 6) is 0.951. The molecule has 0 fully saturated rings. The summed E-state index contributed by atoms with van der Waals surface area (Å²) in [6, 6.07) is 10.5. The van der Waals surface area contributed by atoms with E-state index >= 15 is 0 Å². The van der Waals surface area contributed by atoms with Crippen LogP contribution in [0.4, 0.5) is 16.4 Å². The fourth-order valence-electron chi connectivity index (χ4n) is 1.90. The first-order valence-corrected chi connectivity index (χ1v) is 6.71. The van der Waals surface area contributed by atoms with Crippen molar-refractivity contribution in [3.05, 3.63) is 66.7 Å². The molecule has 0 bridgehead atoms. The number of amides is 2. The molecular weight excluding hydrogens is 280 g/mol. The number of pyridine rings is 2. The average Bonchev–Trinajstić information content (AvgIpc) is 2.96. The Morgan fingerprint density at radius 2 is 1.95 bits per heavy atom. The Morgan fingerprint density at radius 3 is 2.73 bits per heavy atom. The molecule has 0 spiro atoms. The third kappa shape index (κ3) is 3.66. The number of hydrogen-bond donors (Lipinski definition) is 2. The third-order valence-electron chi connectivity index (χ3n) is 2.86. The van der Waals surface area contributed by atoms with Crippen LogP contribution in [0.5, 0.6) is 0 Å². The molecule has 3 aromatic rings. The van der Waals surface area contributed by atoms with Gasteiger partial charge in [0.2, 0.25) is 0 Å². The van der Waals surface area contributed by atoms with Crippen LogP contribution >= 0.6 is 0 Å². The van der Waals surface area contributed by atoms with Crippen LogP contribution in [0.15, 0.2) is 61.2 Å². The number of carbonyl (C=O) groups is 1. The molecule has 0 aromatic carbocycles. The molecule has 3 aromatic heterocycles. The van der Waals surface area contributed by atoms with Crippen molar-refractivity contribution >= 4 is 17.7 Å². The van der Waals surface area contributed by atoms with E-state index in [-0.39, 0.29) is 6.03 Å². The maximum Gasteiger partial charge on any atom is 0.326 e. The molecule has 7 heteroatoms. The molecule has 110 valence electrons. The lowest BCUT2D eigenvalue weighted by Gasteiger charge is -2.04. The minimum Gasteiger partial charge on any atom is -0.292 e. The molecule has 3 rings (SSSR count). The average molecular weight is 294 g/mol. The Bertz CT molecular complexity index is 741. The van der Waals surface area contributed by atoms with Crippen LogP contribution in [0.3, 0.4) is 0 Å². The highest BCUT2D eigenvalue weighted by Crippen LogP contribution is 2.07. The van der Waals surface area contributed by atoms with Gasteiger partial charge in [-0.05, 0) is 23.8 Å². The first-order chi connectivity index (χ1) is 10.8. The molecule has 0 saturated carbocycles. The highest BCUT2D eigenvalue weighted by atomic mass is 16.2. The number of carbonyl (C=O) groups excluding carboxylic acids is 1. The van der Waals surface area contributed by atoms with Gasteiger partial charge in [0.15, 0.2) is 5.82 Å². The summed E-state index contributed by atoms with van der Waals surface area (Å²) >= 11 is 0. The minimum absolute atomic E-state index is 0.384. The van der Waals surface area contributed by atoms with Crippen molar-refractivity contribution in [2.75, 3.05) is 10.6 Å². The highest BCUT2D eigenvalue weighted by molar-refractivity contribution is 5.98. The van der Waals surface area contributed by atoms with Crippen molar-refractivity contribution in [2.45, 2.75) is 6.54 Å². The summed E-state index contributed by atoms with van der Waals surface area (Å²) in [5, 5.41) is 9.57. The van der Waals surface area contributed by atoms with Gasteiger partial charge in [-0.25, -0.2) is 9.78 Å². The van der Waals surface area contributed by atoms with E-state index in [4.69, 9.17) is 0 Å². The smallest absolute Gasteiger partial charge is 0.292 e. The Balaban J connectivity index is 1.58. The van der Waals surface area contributed by atoms with Crippen LogP contribution in [0.2, 0.25) is 0 Å². The molecule has 2 N–H and O–H groups in total. The van der Waals surface area contributed by atoms with E-state index in [1.165, 1.54) is 0 Å². The maximum absolute atomic E-state index is 11.8. The van der Waals surface area contributed by atoms with Crippen LogP contribution < -0.4 is 10.6 Å². The van der Waals surface area contributed by atoms with Gasteiger partial charge in [-0.1, -0.05) is 12.1 Å². The van der Waals surface area contributed by atoms with E-state index in [1.54, 1.807) is 53.7 Å². The SMILES string of the molecule is O=C(Nc1ccccn1)Nc1ccn(Cc2cccnc2)n1. The predicted molar refractivity (Wildman–Crippen MR) is 82.4 cm³/mol. The standard InChI is InChI=1S/C15H14N6O/c22-15(18-13-5-1-2-8-17-13)19-14-6-9-21(20-14)11-12-4-3-7-16-10-12/h1-10H,11H2,(H2,17,18,19,20,22). The molecule has 2 amide bonds. The summed E-state index contributed by atoms with van der Waals surface area (Å²) in [5.41, 5.74) is 1.04. The number of hydrogen-bond acceptors (Lipinski definition) is 4. The Morgan fingerprint density at radius 1 is 1.05 bits per heavy atom. The van der Waals surface area contributed by atoms with Crippen molar-refractivity contribution in [1.82, 2.24) is 19.7 Å². The molecule has 0 aliphatic rings. The molecule has 0 aliphatic carbocycles. The number of aromatic nitrogens is 4. The van der Waals surface area contributed by atoms with Crippen molar-refractivity contribution in [2.24, 2.45) is 0 Å². The van der Waals surface area contributed by atoms with Crippen molar-refractivity contribution in [3.8, 4) is 0 Å². The van der Waals surface area contributed by atoms with E-state index in [9.17, 15) is 4.79 Å². The zero-order valence-corrected chi connectivity index (χ0v) is 11.7. The van der Waals surface area contributed by atoms with Crippen LogP contribution in [0.1, 0.15) is 5.56 Å². The highest BCUT2D eigenvalue weighted by Gasteiger charge is 2.06. The summed E-state index contributed by atoms with van der Waals surface area (Å²) in [4.78, 5) is 19.9. The summed E-state index contributed by atoms with van der Waals surface area (Å²) in [7, 11) is 0. The van der Waals surface area contributed by atoms with Gasteiger partial charge in [-0.2, -0.15) is 5.10 Å². The second-order valence-electron chi connectivity index (χ2n) is 4.55. The first-order valence-electron chi connectivity index (χ1n) is 6.71. The van der Waals surface area contributed by atoms with Gasteiger partial charge >= 0.3 is 6.03 Å². The molecule has 0 atom stereocenters. The normalized spacial score (nSPS) is 10.2. The summed E-state index contributed by atoms with van der Waals surface area (Å²) in [6.45, 7) is 0.595. The van der Waals surface area contributed by atoms with Gasteiger partial charge in [0.05, 0.1) is 6.54 Å². The third-order valence-corrected chi connectivity index (χ3v) is 2.86. The summed E-state index contributed by atoms with van der Waals surface area (Å²) < 4.78 is 1.73. The van der Waals surface area contributed by atoms with E-state index in [0.29, 0.717) is 18.2 Å². The number of rotatable bonds is 4. The Hall–Kier alpha value is -3.22. The van der Waals surface area contributed by atoms with Crippen LogP contribution in [-0.2, 0) is 6.54 Å². The topological polar surface area (TPSA) is 84.7 Å². The molecule has 0 unspecified atom stereocenters. The van der Waals surface area contributed by atoms with Gasteiger partial charge in [0.25, 0.3) is 0 Å². The maximum atomic E-state index is 11.8. The second-order valence-corrected chi connectivity index (χ2v) is 4.55. The number of urea groups is 1. The fourth-order valence-corrected chi connectivity index (χ4v) is 1.90. The van der Waals surface area contributed by atoms with Gasteiger partial charge in [-0.15, -0.1) is 0 Å². The zero-order chi connectivity index (χ0) is 15.2. The van der Waals surface area contributed by atoms with Crippen LogP contribution in [0.25, 0.3) is 0 Å². The molecule has 0 saturated heterocycles. The molecular formula is C15H14N6O. The molecule has 7 nitrogen and oxygen atoms in total. The zero-order valence-electron chi connectivity index (χ0n) is 11.7. The molecule has 0 aliphatic heterocycles. The quantitative estimate of drug-likeness (QED) is 0.773. The van der Waals surface area contributed by atoms with E-state index in [0.717, 1.165) is 5.56 Å². The Kier molecular flexibility index (Phi) is 4.05. The number of nitrogens with one attached hydrogen (secondary N) is 2. The van der Waals surface area contributed by atoms with Crippen LogP contribution in [-0.4, -0.2) is 25.8 Å². The van der Waals surface area contributed by atoms with Gasteiger partial charge in [0, 0.05) is 30.9 Å². The number of anilines is 2. The van der Waals surface area contributed by atoms with Crippen molar-refractivity contribution in [1.29, 1.82) is 0 Å². The second kappa shape index (κ2) is 6.49. The first kappa shape index (κ1) is 13.7. The molecule has 22 heavy (non-hydrogen) atoms. The lowest BCUT2D eigenvalue weighted by molar-refractivity contribution is 0.262. The Labute approximate surface area is 127 Å². The predicted octanol–water partition coefficient (Wildman–Crippen LogP) is 2.37. The summed E-state index contributed by atoms with van der Waals surface area (Å²) in [6.07, 6.45) is 6.91. The van der Waals surface area contributed by atoms with Gasteiger partial charge < -0.3 is 0 Å². The van der Waals surface area contributed by atoms with Crippen molar-refractivity contribution in [3.63, 3.8) is 0 Å².